The second-order valence-corrected chi connectivity index (χ2v) is 4.59. The van der Waals surface area contributed by atoms with E-state index < -0.39 is 0 Å². The minimum atomic E-state index is 0.0769. The summed E-state index contributed by atoms with van der Waals surface area (Å²) in [6.45, 7) is 7.33. The number of ether oxygens (including phenoxy) is 1. The van der Waals surface area contributed by atoms with Gasteiger partial charge in [0.2, 0.25) is 5.91 Å². The van der Waals surface area contributed by atoms with Crippen LogP contribution >= 0.6 is 0 Å². The number of carbonyl (C=O) groups is 1. The van der Waals surface area contributed by atoms with Crippen LogP contribution in [0.2, 0.25) is 0 Å². The van der Waals surface area contributed by atoms with Crippen molar-refractivity contribution in [2.24, 2.45) is 17.6 Å². The lowest BCUT2D eigenvalue weighted by atomic mass is 10.0. The summed E-state index contributed by atoms with van der Waals surface area (Å²) < 4.78 is 5.08. The molecule has 0 saturated carbocycles. The van der Waals surface area contributed by atoms with E-state index in [1.54, 1.807) is 7.11 Å². The van der Waals surface area contributed by atoms with Gasteiger partial charge in [-0.25, -0.2) is 0 Å². The fourth-order valence-corrected chi connectivity index (χ4v) is 1.50. The Morgan fingerprint density at radius 3 is 2.44 bits per heavy atom. The van der Waals surface area contributed by atoms with Gasteiger partial charge in [-0.05, 0) is 18.4 Å². The van der Waals surface area contributed by atoms with E-state index in [4.69, 9.17) is 10.5 Å². The molecule has 2 atom stereocenters. The van der Waals surface area contributed by atoms with Gasteiger partial charge in [0.25, 0.3) is 0 Å². The monoisotopic (exact) mass is 230 g/mol. The first-order valence-electron chi connectivity index (χ1n) is 6.03. The highest BCUT2D eigenvalue weighted by atomic mass is 16.5. The summed E-state index contributed by atoms with van der Waals surface area (Å²) in [5.41, 5.74) is 5.58. The van der Waals surface area contributed by atoms with E-state index in [1.807, 2.05) is 0 Å². The topological polar surface area (TPSA) is 64.4 Å². The third-order valence-corrected chi connectivity index (χ3v) is 2.88. The van der Waals surface area contributed by atoms with E-state index in [0.717, 1.165) is 6.42 Å². The smallest absolute Gasteiger partial charge is 0.220 e. The van der Waals surface area contributed by atoms with Gasteiger partial charge in [-0.15, -0.1) is 0 Å². The number of hydrogen-bond donors (Lipinski definition) is 2. The van der Waals surface area contributed by atoms with Gasteiger partial charge in [0.15, 0.2) is 0 Å². The van der Waals surface area contributed by atoms with Crippen molar-refractivity contribution < 1.29 is 9.53 Å². The molecule has 0 aliphatic rings. The highest BCUT2D eigenvalue weighted by Crippen LogP contribution is 2.08. The average Bonchev–Trinajstić information content (AvgIpc) is 2.25. The van der Waals surface area contributed by atoms with Crippen LogP contribution in [0.1, 0.15) is 33.6 Å². The molecule has 0 bridgehead atoms. The van der Waals surface area contributed by atoms with Crippen molar-refractivity contribution in [3.8, 4) is 0 Å². The quantitative estimate of drug-likeness (QED) is 0.657. The van der Waals surface area contributed by atoms with Crippen LogP contribution in [0, 0.1) is 11.8 Å². The van der Waals surface area contributed by atoms with E-state index in [1.165, 1.54) is 0 Å². The summed E-state index contributed by atoms with van der Waals surface area (Å²) in [6.07, 6.45) is 1.46. The van der Waals surface area contributed by atoms with Crippen molar-refractivity contribution in [3.05, 3.63) is 0 Å². The van der Waals surface area contributed by atoms with Gasteiger partial charge in [-0.3, -0.25) is 4.79 Å². The molecular formula is C12H26N2O2. The number of nitrogens with two attached hydrogens (primary N) is 1. The fraction of sp³-hybridized carbons (Fsp3) is 0.917. The molecule has 4 nitrogen and oxygen atoms in total. The summed E-state index contributed by atoms with van der Waals surface area (Å²) in [6, 6.07) is 0.0905. The zero-order chi connectivity index (χ0) is 12.6. The maximum Gasteiger partial charge on any atom is 0.220 e. The van der Waals surface area contributed by atoms with Crippen LogP contribution in [0.15, 0.2) is 0 Å². The van der Waals surface area contributed by atoms with E-state index in [0.29, 0.717) is 25.5 Å². The van der Waals surface area contributed by atoms with Crippen molar-refractivity contribution in [2.45, 2.75) is 39.7 Å². The number of hydrogen-bond acceptors (Lipinski definition) is 3. The maximum atomic E-state index is 11.7. The van der Waals surface area contributed by atoms with E-state index in [2.05, 4.69) is 26.1 Å². The van der Waals surface area contributed by atoms with Crippen LogP contribution in [0.4, 0.5) is 0 Å². The van der Waals surface area contributed by atoms with Crippen LogP contribution < -0.4 is 11.1 Å². The lowest BCUT2D eigenvalue weighted by Gasteiger charge is -2.22. The van der Waals surface area contributed by atoms with Crippen molar-refractivity contribution in [1.29, 1.82) is 0 Å². The van der Waals surface area contributed by atoms with Gasteiger partial charge >= 0.3 is 0 Å². The Kier molecular flexibility index (Phi) is 8.21. The molecular weight excluding hydrogens is 204 g/mol. The summed E-state index contributed by atoms with van der Waals surface area (Å²) in [5.74, 6) is 0.741. The molecule has 2 unspecified atom stereocenters. The van der Waals surface area contributed by atoms with Crippen molar-refractivity contribution in [2.75, 3.05) is 20.3 Å². The molecule has 16 heavy (non-hydrogen) atoms. The summed E-state index contributed by atoms with van der Waals surface area (Å²) in [7, 11) is 1.65. The summed E-state index contributed by atoms with van der Waals surface area (Å²) in [5, 5.41) is 3.00. The summed E-state index contributed by atoms with van der Waals surface area (Å²) >= 11 is 0. The first kappa shape index (κ1) is 15.4. The predicted molar refractivity (Wildman–Crippen MR) is 66.1 cm³/mol. The molecule has 0 aromatic carbocycles. The number of rotatable bonds is 8. The highest BCUT2D eigenvalue weighted by Gasteiger charge is 2.17. The predicted octanol–water partition coefficient (Wildman–Crippen LogP) is 1.15. The van der Waals surface area contributed by atoms with Gasteiger partial charge in [-0.1, -0.05) is 27.2 Å². The SMILES string of the molecule is CCC(CN)CC(=O)NC(COC)C(C)C. The first-order valence-corrected chi connectivity index (χ1v) is 6.03. The standard InChI is InChI=1S/C12H26N2O2/c1-5-10(7-13)6-12(15)14-11(8-16-4)9(2)3/h9-11H,5-8,13H2,1-4H3,(H,14,15). The number of amides is 1. The Labute approximate surface area is 98.9 Å². The number of carbonyl (C=O) groups excluding carboxylic acids is 1. The average molecular weight is 230 g/mol. The van der Waals surface area contributed by atoms with Crippen molar-refractivity contribution in [3.63, 3.8) is 0 Å². The Hall–Kier alpha value is -0.610. The molecule has 0 radical (unpaired) electrons. The Morgan fingerprint density at radius 2 is 2.06 bits per heavy atom. The first-order chi connectivity index (χ1) is 7.54. The van der Waals surface area contributed by atoms with Crippen LogP contribution in [-0.2, 0) is 9.53 Å². The van der Waals surface area contributed by atoms with E-state index in [9.17, 15) is 4.79 Å². The van der Waals surface area contributed by atoms with Crippen LogP contribution in [0.25, 0.3) is 0 Å². The highest BCUT2D eigenvalue weighted by molar-refractivity contribution is 5.76. The normalized spacial score (nSPS) is 14.9. The van der Waals surface area contributed by atoms with Gasteiger partial charge in [0.1, 0.15) is 0 Å². The second-order valence-electron chi connectivity index (χ2n) is 4.59. The Morgan fingerprint density at radius 1 is 1.44 bits per heavy atom. The third-order valence-electron chi connectivity index (χ3n) is 2.88. The molecule has 0 heterocycles. The molecule has 1 amide bonds. The van der Waals surface area contributed by atoms with Crippen LogP contribution in [0.5, 0.6) is 0 Å². The van der Waals surface area contributed by atoms with Crippen molar-refractivity contribution >= 4 is 5.91 Å². The lowest BCUT2D eigenvalue weighted by Crippen LogP contribution is -2.42. The van der Waals surface area contributed by atoms with Gasteiger partial charge in [0, 0.05) is 13.5 Å². The van der Waals surface area contributed by atoms with Gasteiger partial charge in [-0.2, -0.15) is 0 Å². The van der Waals surface area contributed by atoms with Gasteiger partial charge < -0.3 is 15.8 Å². The summed E-state index contributed by atoms with van der Waals surface area (Å²) in [4.78, 5) is 11.7. The second kappa shape index (κ2) is 8.53. The molecule has 0 fully saturated rings. The number of methoxy groups -OCH3 is 1. The minimum absolute atomic E-state index is 0.0769. The molecule has 4 heteroatoms. The zero-order valence-electron chi connectivity index (χ0n) is 11.0. The van der Waals surface area contributed by atoms with E-state index in [-0.39, 0.29) is 17.9 Å². The lowest BCUT2D eigenvalue weighted by molar-refractivity contribution is -0.123. The van der Waals surface area contributed by atoms with Crippen LogP contribution in [-0.4, -0.2) is 32.2 Å². The van der Waals surface area contributed by atoms with Crippen molar-refractivity contribution in [1.82, 2.24) is 5.32 Å². The molecule has 0 aromatic rings. The Balaban J connectivity index is 4.08. The molecule has 0 spiro atoms. The molecule has 0 aliphatic carbocycles. The van der Waals surface area contributed by atoms with Crippen LogP contribution in [0.3, 0.4) is 0 Å². The third kappa shape index (κ3) is 6.08. The molecule has 0 rings (SSSR count). The molecule has 96 valence electrons. The molecule has 0 aromatic heterocycles. The molecule has 0 saturated heterocycles. The Bertz CT molecular complexity index is 191. The van der Waals surface area contributed by atoms with Gasteiger partial charge in [0.05, 0.1) is 12.6 Å². The maximum absolute atomic E-state index is 11.7. The minimum Gasteiger partial charge on any atom is -0.383 e. The van der Waals surface area contributed by atoms with E-state index >= 15 is 0 Å². The fourth-order valence-electron chi connectivity index (χ4n) is 1.50. The molecule has 3 N–H and O–H groups in total. The number of nitrogens with one attached hydrogen (secondary N) is 1. The zero-order valence-corrected chi connectivity index (χ0v) is 11.0. The largest absolute Gasteiger partial charge is 0.383 e. The molecule has 0 aliphatic heterocycles.